The third kappa shape index (κ3) is 7.64. The molecule has 0 rings (SSSR count). The van der Waals surface area contributed by atoms with E-state index in [0.29, 0.717) is 11.3 Å². The van der Waals surface area contributed by atoms with Crippen molar-refractivity contribution in [3.8, 4) is 0 Å². The summed E-state index contributed by atoms with van der Waals surface area (Å²) in [5.41, 5.74) is 1.89. The molecule has 0 aliphatic rings. The van der Waals surface area contributed by atoms with Crippen molar-refractivity contribution in [2.45, 2.75) is 73.1 Å². The van der Waals surface area contributed by atoms with E-state index in [1.807, 2.05) is 0 Å². The summed E-state index contributed by atoms with van der Waals surface area (Å²) >= 11 is 0. The fourth-order valence-corrected chi connectivity index (χ4v) is 2.10. The first-order valence-corrected chi connectivity index (χ1v) is 6.54. The van der Waals surface area contributed by atoms with Crippen LogP contribution in [0.25, 0.3) is 0 Å². The Hall–Kier alpha value is -0.260. The molecule has 0 aromatic rings. The van der Waals surface area contributed by atoms with Crippen LogP contribution in [0, 0.1) is 11.3 Å². The van der Waals surface area contributed by atoms with E-state index in [4.69, 9.17) is 0 Å². The van der Waals surface area contributed by atoms with Gasteiger partial charge in [-0.2, -0.15) is 0 Å². The molecule has 0 saturated heterocycles. The molecule has 0 nitrogen and oxygen atoms in total. The van der Waals surface area contributed by atoms with Gasteiger partial charge in [0, 0.05) is 0 Å². The number of rotatable bonds is 8. The average Bonchev–Trinajstić information content (AvgIpc) is 2.11. The lowest BCUT2D eigenvalue weighted by Gasteiger charge is -2.24. The molecule has 0 aliphatic heterocycles. The Morgan fingerprint density at radius 3 is 2.27 bits per heavy atom. The molecule has 0 radical (unpaired) electrons. The molecule has 1 unspecified atom stereocenters. The lowest BCUT2D eigenvalue weighted by molar-refractivity contribution is 0.289. The maximum absolute atomic E-state index is 4.01. The quantitative estimate of drug-likeness (QED) is 0.362. The molecular weight excluding hydrogens is 180 g/mol. The van der Waals surface area contributed by atoms with Crippen molar-refractivity contribution in [1.29, 1.82) is 0 Å². The van der Waals surface area contributed by atoms with Gasteiger partial charge in [-0.25, -0.2) is 0 Å². The van der Waals surface area contributed by atoms with Gasteiger partial charge in [-0.15, -0.1) is 0 Å². The Kier molecular flexibility index (Phi) is 6.96. The predicted octanol–water partition coefficient (Wildman–Crippen LogP) is 5.59. The number of unbranched alkanes of at least 4 members (excludes halogenated alkanes) is 1. The molecule has 0 fully saturated rings. The molecule has 0 N–H and O–H groups in total. The lowest BCUT2D eigenvalue weighted by Crippen LogP contribution is -2.10. The zero-order valence-electron chi connectivity index (χ0n) is 11.5. The van der Waals surface area contributed by atoms with E-state index < -0.39 is 0 Å². The second-order valence-corrected chi connectivity index (χ2v) is 5.91. The fraction of sp³-hybridized carbons (Fsp3) is 0.867. The molecule has 0 aromatic heterocycles. The Morgan fingerprint density at radius 1 is 1.20 bits per heavy atom. The van der Waals surface area contributed by atoms with Gasteiger partial charge >= 0.3 is 0 Å². The van der Waals surface area contributed by atoms with Crippen molar-refractivity contribution in [3.63, 3.8) is 0 Å². The highest BCUT2D eigenvalue weighted by atomic mass is 14.2. The summed E-state index contributed by atoms with van der Waals surface area (Å²) in [6.45, 7) is 15.5. The monoisotopic (exact) mass is 210 g/mol. The van der Waals surface area contributed by atoms with Crippen LogP contribution in [0.15, 0.2) is 12.2 Å². The van der Waals surface area contributed by atoms with Gasteiger partial charge in [0.15, 0.2) is 0 Å². The summed E-state index contributed by atoms with van der Waals surface area (Å²) in [5.74, 6) is 0.708. The molecule has 0 amide bonds. The summed E-state index contributed by atoms with van der Waals surface area (Å²) in [4.78, 5) is 0. The topological polar surface area (TPSA) is 0 Å². The van der Waals surface area contributed by atoms with Crippen LogP contribution in [0.3, 0.4) is 0 Å². The maximum atomic E-state index is 4.01. The minimum Gasteiger partial charge on any atom is -0.0999 e. The zero-order valence-corrected chi connectivity index (χ0v) is 11.5. The molecule has 0 aliphatic carbocycles. The van der Waals surface area contributed by atoms with Gasteiger partial charge in [0.2, 0.25) is 0 Å². The van der Waals surface area contributed by atoms with Crippen LogP contribution < -0.4 is 0 Å². The highest BCUT2D eigenvalue weighted by molar-refractivity contribution is 4.93. The van der Waals surface area contributed by atoms with Gasteiger partial charge in [0.25, 0.3) is 0 Å². The van der Waals surface area contributed by atoms with Crippen molar-refractivity contribution >= 4 is 0 Å². The summed E-state index contributed by atoms with van der Waals surface area (Å²) < 4.78 is 0. The molecule has 90 valence electrons. The second-order valence-electron chi connectivity index (χ2n) is 5.91. The lowest BCUT2D eigenvalue weighted by atomic mass is 9.82. The van der Waals surface area contributed by atoms with Crippen molar-refractivity contribution in [2.75, 3.05) is 0 Å². The Labute approximate surface area is 97.2 Å². The van der Waals surface area contributed by atoms with E-state index in [1.54, 1.807) is 0 Å². The summed E-state index contributed by atoms with van der Waals surface area (Å²) in [6, 6.07) is 0. The minimum absolute atomic E-state index is 0.557. The van der Waals surface area contributed by atoms with Crippen molar-refractivity contribution in [1.82, 2.24) is 0 Å². The van der Waals surface area contributed by atoms with Crippen LogP contribution in [-0.2, 0) is 0 Å². The number of hydrogen-bond acceptors (Lipinski definition) is 0. The molecule has 0 aromatic carbocycles. The van der Waals surface area contributed by atoms with Gasteiger partial charge < -0.3 is 0 Å². The molecule has 0 saturated carbocycles. The van der Waals surface area contributed by atoms with Crippen LogP contribution in [0.1, 0.15) is 73.1 Å². The van der Waals surface area contributed by atoms with E-state index in [-0.39, 0.29) is 0 Å². The maximum Gasteiger partial charge on any atom is -0.0237 e. The second kappa shape index (κ2) is 7.09. The first-order valence-electron chi connectivity index (χ1n) is 6.54. The molecule has 0 spiro atoms. The smallest absolute Gasteiger partial charge is 0.0237 e. The Bertz CT molecular complexity index is 176. The standard InChI is InChI=1S/C15H30/c1-7-11-15(5,6)12-9-8-10-14(4)13(2)3/h14H,2,7-12H2,1,3-6H3. The molecule has 0 bridgehead atoms. The van der Waals surface area contributed by atoms with Crippen molar-refractivity contribution in [2.24, 2.45) is 11.3 Å². The number of hydrogen-bond donors (Lipinski definition) is 0. The minimum atomic E-state index is 0.557. The van der Waals surface area contributed by atoms with E-state index in [1.165, 1.54) is 44.1 Å². The van der Waals surface area contributed by atoms with E-state index >= 15 is 0 Å². The van der Waals surface area contributed by atoms with Crippen molar-refractivity contribution in [3.05, 3.63) is 12.2 Å². The van der Waals surface area contributed by atoms with Crippen molar-refractivity contribution < 1.29 is 0 Å². The van der Waals surface area contributed by atoms with Gasteiger partial charge in [-0.3, -0.25) is 0 Å². The van der Waals surface area contributed by atoms with Gasteiger partial charge in [0.1, 0.15) is 0 Å². The highest BCUT2D eigenvalue weighted by Crippen LogP contribution is 2.29. The molecule has 0 heterocycles. The molecule has 0 heteroatoms. The largest absolute Gasteiger partial charge is 0.0999 e. The van der Waals surface area contributed by atoms with Crippen LogP contribution in [0.2, 0.25) is 0 Å². The predicted molar refractivity (Wildman–Crippen MR) is 71.1 cm³/mol. The SMILES string of the molecule is C=C(C)C(C)CCCCC(C)(C)CCC. The van der Waals surface area contributed by atoms with Gasteiger partial charge in [0.05, 0.1) is 0 Å². The fourth-order valence-electron chi connectivity index (χ4n) is 2.10. The number of allylic oxidation sites excluding steroid dienone is 1. The Morgan fingerprint density at radius 2 is 1.80 bits per heavy atom. The van der Waals surface area contributed by atoms with E-state index in [9.17, 15) is 0 Å². The highest BCUT2D eigenvalue weighted by Gasteiger charge is 2.15. The third-order valence-electron chi connectivity index (χ3n) is 3.51. The van der Waals surface area contributed by atoms with Gasteiger partial charge in [-0.1, -0.05) is 59.1 Å². The van der Waals surface area contributed by atoms with E-state index in [0.717, 1.165) is 0 Å². The average molecular weight is 210 g/mol. The third-order valence-corrected chi connectivity index (χ3v) is 3.51. The first-order chi connectivity index (χ1) is 6.89. The summed E-state index contributed by atoms with van der Waals surface area (Å²) in [7, 11) is 0. The van der Waals surface area contributed by atoms with Crippen LogP contribution in [0.5, 0.6) is 0 Å². The summed E-state index contributed by atoms with van der Waals surface area (Å²) in [5, 5.41) is 0. The van der Waals surface area contributed by atoms with Crippen LogP contribution >= 0.6 is 0 Å². The zero-order chi connectivity index (χ0) is 11.9. The first kappa shape index (κ1) is 14.7. The molecular formula is C15H30. The molecule has 15 heavy (non-hydrogen) atoms. The summed E-state index contributed by atoms with van der Waals surface area (Å²) in [6.07, 6.45) is 8.12. The molecule has 1 atom stereocenters. The normalized spacial score (nSPS) is 13.9. The van der Waals surface area contributed by atoms with E-state index in [2.05, 4.69) is 41.2 Å². The van der Waals surface area contributed by atoms with Crippen LogP contribution in [0.4, 0.5) is 0 Å². The van der Waals surface area contributed by atoms with Gasteiger partial charge in [-0.05, 0) is 37.5 Å². The van der Waals surface area contributed by atoms with Crippen LogP contribution in [-0.4, -0.2) is 0 Å². The Balaban J connectivity index is 3.58.